The summed E-state index contributed by atoms with van der Waals surface area (Å²) in [6, 6.07) is 0. The van der Waals surface area contributed by atoms with Crippen LogP contribution in [0.25, 0.3) is 0 Å². The minimum Gasteiger partial charge on any atom is -0.466 e. The lowest BCUT2D eigenvalue weighted by Gasteiger charge is -2.00. The van der Waals surface area contributed by atoms with Crippen molar-refractivity contribution in [2.24, 2.45) is 0 Å². The van der Waals surface area contributed by atoms with Crippen molar-refractivity contribution >= 4 is 17.7 Å². The van der Waals surface area contributed by atoms with Crippen molar-refractivity contribution in [2.45, 2.75) is 13.3 Å². The summed E-state index contributed by atoms with van der Waals surface area (Å²) in [5, 5.41) is 10.2. The van der Waals surface area contributed by atoms with Gasteiger partial charge in [0.15, 0.2) is 0 Å². The molecule has 0 rings (SSSR count). The standard InChI is InChI=1S/C8H11NO2S/c1-3-4-7(5-12-6-9)8(10)11-2/h4H,3,5H2,1-2H3/b7-4+. The van der Waals surface area contributed by atoms with E-state index in [1.807, 2.05) is 12.3 Å². The molecule has 0 fully saturated rings. The monoisotopic (exact) mass is 185 g/mol. The molecule has 4 heteroatoms. The van der Waals surface area contributed by atoms with Gasteiger partial charge in [0.05, 0.1) is 7.11 Å². The van der Waals surface area contributed by atoms with Crippen LogP contribution in [0.1, 0.15) is 13.3 Å². The highest BCUT2D eigenvalue weighted by Gasteiger charge is 2.07. The van der Waals surface area contributed by atoms with Crippen LogP contribution in [0.15, 0.2) is 11.6 Å². The van der Waals surface area contributed by atoms with E-state index < -0.39 is 0 Å². The summed E-state index contributed by atoms with van der Waals surface area (Å²) in [4.78, 5) is 11.0. The zero-order valence-corrected chi connectivity index (χ0v) is 7.98. The number of thioether (sulfide) groups is 1. The largest absolute Gasteiger partial charge is 0.466 e. The first kappa shape index (κ1) is 11.1. The fourth-order valence-electron chi connectivity index (χ4n) is 0.689. The van der Waals surface area contributed by atoms with Crippen LogP contribution in [0.3, 0.4) is 0 Å². The van der Waals surface area contributed by atoms with Crippen molar-refractivity contribution in [3.8, 4) is 5.40 Å². The van der Waals surface area contributed by atoms with Gasteiger partial charge in [-0.05, 0) is 18.2 Å². The first-order valence-electron chi connectivity index (χ1n) is 3.54. The summed E-state index contributed by atoms with van der Waals surface area (Å²) >= 11 is 1.04. The molecule has 0 amide bonds. The molecule has 0 aliphatic carbocycles. The number of carbonyl (C=O) groups excluding carboxylic acids is 1. The summed E-state index contributed by atoms with van der Waals surface area (Å²) < 4.78 is 4.53. The molecule has 0 aromatic heterocycles. The van der Waals surface area contributed by atoms with Crippen molar-refractivity contribution in [1.29, 1.82) is 5.26 Å². The number of methoxy groups -OCH3 is 1. The van der Waals surface area contributed by atoms with E-state index in [4.69, 9.17) is 5.26 Å². The number of hydrogen-bond acceptors (Lipinski definition) is 4. The second-order valence-electron chi connectivity index (χ2n) is 2.01. The fourth-order valence-corrected chi connectivity index (χ4v) is 1.14. The third kappa shape index (κ3) is 4.04. The van der Waals surface area contributed by atoms with Crippen LogP contribution in [0.5, 0.6) is 0 Å². The molecule has 3 nitrogen and oxygen atoms in total. The van der Waals surface area contributed by atoms with E-state index in [0.717, 1.165) is 18.2 Å². The van der Waals surface area contributed by atoms with E-state index in [0.29, 0.717) is 11.3 Å². The number of nitriles is 1. The van der Waals surface area contributed by atoms with Crippen LogP contribution in [0, 0.1) is 10.7 Å². The Kier molecular flexibility index (Phi) is 6.21. The van der Waals surface area contributed by atoms with E-state index in [1.165, 1.54) is 7.11 Å². The van der Waals surface area contributed by atoms with Crippen molar-refractivity contribution < 1.29 is 9.53 Å². The van der Waals surface area contributed by atoms with Gasteiger partial charge in [-0.25, -0.2) is 4.79 Å². The van der Waals surface area contributed by atoms with E-state index in [2.05, 4.69) is 4.74 Å². The zero-order valence-electron chi connectivity index (χ0n) is 7.16. The predicted octanol–water partition coefficient (Wildman–Crippen LogP) is 1.71. The molecule has 0 aliphatic heterocycles. The Morgan fingerprint density at radius 3 is 2.83 bits per heavy atom. The Morgan fingerprint density at radius 1 is 1.75 bits per heavy atom. The van der Waals surface area contributed by atoms with Crippen LogP contribution in [-0.2, 0) is 9.53 Å². The Balaban J connectivity index is 4.16. The maximum absolute atomic E-state index is 11.0. The molecular weight excluding hydrogens is 174 g/mol. The molecule has 0 spiro atoms. The maximum atomic E-state index is 11.0. The third-order valence-corrected chi connectivity index (χ3v) is 1.77. The van der Waals surface area contributed by atoms with Crippen LogP contribution < -0.4 is 0 Å². The SMILES string of the molecule is CC/C=C(\CSC#N)C(=O)OC. The number of esters is 1. The summed E-state index contributed by atoms with van der Waals surface area (Å²) in [6.07, 6.45) is 2.55. The highest BCUT2D eigenvalue weighted by Crippen LogP contribution is 2.08. The number of ether oxygens (including phenoxy) is 1. The molecule has 0 aromatic carbocycles. The number of hydrogen-bond donors (Lipinski definition) is 0. The van der Waals surface area contributed by atoms with Gasteiger partial charge in [0.25, 0.3) is 0 Å². The third-order valence-electron chi connectivity index (χ3n) is 1.19. The van der Waals surface area contributed by atoms with Gasteiger partial charge in [0.2, 0.25) is 0 Å². The summed E-state index contributed by atoms with van der Waals surface area (Å²) in [7, 11) is 1.34. The van der Waals surface area contributed by atoms with Crippen molar-refractivity contribution in [3.63, 3.8) is 0 Å². The van der Waals surface area contributed by atoms with Gasteiger partial charge in [-0.3, -0.25) is 0 Å². The van der Waals surface area contributed by atoms with Gasteiger partial charge in [0, 0.05) is 11.3 Å². The first-order chi connectivity index (χ1) is 5.76. The van der Waals surface area contributed by atoms with E-state index in [-0.39, 0.29) is 5.97 Å². The molecule has 0 saturated heterocycles. The number of allylic oxidation sites excluding steroid dienone is 1. The summed E-state index contributed by atoms with van der Waals surface area (Å²) in [5.41, 5.74) is 0.562. The second kappa shape index (κ2) is 6.74. The molecule has 12 heavy (non-hydrogen) atoms. The van der Waals surface area contributed by atoms with Gasteiger partial charge < -0.3 is 4.74 Å². The molecule has 66 valence electrons. The number of rotatable bonds is 4. The molecule has 0 atom stereocenters. The van der Waals surface area contributed by atoms with Crippen LogP contribution in [-0.4, -0.2) is 18.8 Å². The highest BCUT2D eigenvalue weighted by atomic mass is 32.2. The van der Waals surface area contributed by atoms with Crippen molar-refractivity contribution in [2.75, 3.05) is 12.9 Å². The Morgan fingerprint density at radius 2 is 2.42 bits per heavy atom. The van der Waals surface area contributed by atoms with Gasteiger partial charge in [-0.15, -0.1) is 0 Å². The molecule has 0 unspecified atom stereocenters. The second-order valence-corrected chi connectivity index (χ2v) is 2.77. The minimum atomic E-state index is -0.348. The lowest BCUT2D eigenvalue weighted by atomic mass is 10.2. The lowest BCUT2D eigenvalue weighted by Crippen LogP contribution is -2.06. The number of nitrogens with zero attached hydrogens (tertiary/aromatic N) is 1. The summed E-state index contributed by atoms with van der Waals surface area (Å²) in [5.74, 6) is 0.0522. The average Bonchev–Trinajstić information content (AvgIpc) is 2.11. The molecule has 0 heterocycles. The van der Waals surface area contributed by atoms with Gasteiger partial charge >= 0.3 is 5.97 Å². The molecular formula is C8H11NO2S. The average molecular weight is 185 g/mol. The minimum absolute atomic E-state index is 0.348. The quantitative estimate of drug-likeness (QED) is 0.380. The Bertz CT molecular complexity index is 218. The topological polar surface area (TPSA) is 50.1 Å². The normalized spacial score (nSPS) is 10.6. The van der Waals surface area contributed by atoms with Crippen LogP contribution >= 0.6 is 11.8 Å². The summed E-state index contributed by atoms with van der Waals surface area (Å²) in [6.45, 7) is 1.93. The van der Waals surface area contributed by atoms with Crippen molar-refractivity contribution in [3.05, 3.63) is 11.6 Å². The van der Waals surface area contributed by atoms with Crippen LogP contribution in [0.4, 0.5) is 0 Å². The van der Waals surface area contributed by atoms with Crippen LogP contribution in [0.2, 0.25) is 0 Å². The fraction of sp³-hybridized carbons (Fsp3) is 0.500. The van der Waals surface area contributed by atoms with Gasteiger partial charge in [-0.2, -0.15) is 5.26 Å². The molecule has 0 bridgehead atoms. The Hall–Kier alpha value is -0.950. The smallest absolute Gasteiger partial charge is 0.334 e. The molecule has 0 aromatic rings. The van der Waals surface area contributed by atoms with Gasteiger partial charge in [0.1, 0.15) is 5.40 Å². The molecule has 0 aliphatic rings. The predicted molar refractivity (Wildman–Crippen MR) is 48.5 cm³/mol. The van der Waals surface area contributed by atoms with E-state index >= 15 is 0 Å². The molecule has 0 radical (unpaired) electrons. The molecule has 0 N–H and O–H groups in total. The molecule has 0 saturated carbocycles. The van der Waals surface area contributed by atoms with Gasteiger partial charge in [-0.1, -0.05) is 13.0 Å². The first-order valence-corrected chi connectivity index (χ1v) is 4.53. The van der Waals surface area contributed by atoms with E-state index in [1.54, 1.807) is 6.08 Å². The zero-order chi connectivity index (χ0) is 9.40. The number of carbonyl (C=O) groups is 1. The Labute approximate surface area is 76.4 Å². The lowest BCUT2D eigenvalue weighted by molar-refractivity contribution is -0.136. The highest BCUT2D eigenvalue weighted by molar-refractivity contribution is 8.03. The number of thiocyanates is 1. The van der Waals surface area contributed by atoms with E-state index in [9.17, 15) is 4.79 Å². The maximum Gasteiger partial charge on any atom is 0.334 e. The van der Waals surface area contributed by atoms with Crippen molar-refractivity contribution in [1.82, 2.24) is 0 Å².